The third kappa shape index (κ3) is 5.25. The molecule has 0 aromatic heterocycles. The van der Waals surface area contributed by atoms with Crippen molar-refractivity contribution in [3.63, 3.8) is 0 Å². The van der Waals surface area contributed by atoms with Gasteiger partial charge in [-0.1, -0.05) is 6.92 Å². The van der Waals surface area contributed by atoms with E-state index in [0.717, 1.165) is 11.9 Å². The molecule has 0 aromatic carbocycles. The van der Waals surface area contributed by atoms with Gasteiger partial charge >= 0.3 is 0 Å². The number of hydrogen-bond acceptors (Lipinski definition) is 4. The number of amides is 2. The van der Waals surface area contributed by atoms with Crippen LogP contribution < -0.4 is 0 Å². The van der Waals surface area contributed by atoms with Crippen molar-refractivity contribution < 1.29 is 24.3 Å². The summed E-state index contributed by atoms with van der Waals surface area (Å²) in [7, 11) is -0.954. The van der Waals surface area contributed by atoms with Crippen molar-refractivity contribution in [2.45, 2.75) is 6.92 Å². The van der Waals surface area contributed by atoms with Crippen LogP contribution in [-0.4, -0.2) is 64.8 Å². The van der Waals surface area contributed by atoms with Crippen LogP contribution in [0.2, 0.25) is 0 Å². The van der Waals surface area contributed by atoms with E-state index in [1.807, 2.05) is 0 Å². The Hall–Kier alpha value is -0.910. The van der Waals surface area contributed by atoms with Crippen LogP contribution in [0.25, 0.3) is 0 Å². The largest absolute Gasteiger partial charge is 0.344 e. The number of carbonyl (C=O) groups is 2. The van der Waals surface area contributed by atoms with E-state index in [1.165, 1.54) is 14.0 Å². The van der Waals surface area contributed by atoms with Crippen LogP contribution in [0.15, 0.2) is 0 Å². The van der Waals surface area contributed by atoms with Crippen LogP contribution in [0.1, 0.15) is 6.92 Å². The summed E-state index contributed by atoms with van der Waals surface area (Å²) in [6.07, 6.45) is -0.469. The van der Waals surface area contributed by atoms with Gasteiger partial charge in [0.05, 0.1) is 0 Å². The normalized spacial score (nSPS) is 14.1. The maximum absolute atomic E-state index is 11.4. The van der Waals surface area contributed by atoms with Gasteiger partial charge in [0.1, 0.15) is 12.7 Å². The quantitative estimate of drug-likeness (QED) is 0.393. The van der Waals surface area contributed by atoms with E-state index in [9.17, 15) is 19.0 Å². The summed E-state index contributed by atoms with van der Waals surface area (Å²) in [5.74, 6) is -1.26. The lowest BCUT2D eigenvalue weighted by Gasteiger charge is -2.19. The molecule has 0 saturated heterocycles. The molecule has 0 heterocycles. The molecule has 0 radical (unpaired) electrons. The van der Waals surface area contributed by atoms with E-state index in [1.54, 1.807) is 0 Å². The number of carbonyl (C=O) groups excluding carboxylic acids is 2. The molecule has 0 aliphatic heterocycles. The summed E-state index contributed by atoms with van der Waals surface area (Å²) >= 11 is 0. The van der Waals surface area contributed by atoms with Gasteiger partial charge in [0.2, 0.25) is 13.3 Å². The summed E-state index contributed by atoms with van der Waals surface area (Å²) in [6.45, 7) is 1.19. The molecule has 16 heavy (non-hydrogen) atoms. The highest BCUT2D eigenvalue weighted by Crippen LogP contribution is 2.39. The van der Waals surface area contributed by atoms with Crippen molar-refractivity contribution >= 4 is 19.2 Å². The minimum Gasteiger partial charge on any atom is -0.344 e. The Morgan fingerprint density at radius 3 is 2.12 bits per heavy atom. The van der Waals surface area contributed by atoms with Gasteiger partial charge in [-0.3, -0.25) is 19.4 Å². The van der Waals surface area contributed by atoms with E-state index in [2.05, 4.69) is 0 Å². The Kier molecular flexibility index (Phi) is 5.64. The third-order valence-corrected chi connectivity index (χ3v) is 3.79. The lowest BCUT2D eigenvalue weighted by Crippen LogP contribution is -2.39. The molecule has 7 nitrogen and oxygen atoms in total. The number of likely N-dealkylation sites (N-methyl/N-ethyl adjacent to an activating group) is 2. The summed E-state index contributed by atoms with van der Waals surface area (Å²) in [5, 5.41) is 9.14. The van der Waals surface area contributed by atoms with Gasteiger partial charge in [-0.05, 0) is 0 Å². The Balaban J connectivity index is 4.31. The first-order chi connectivity index (χ1) is 7.19. The second kappa shape index (κ2) is 5.98. The van der Waals surface area contributed by atoms with Crippen molar-refractivity contribution in [2.75, 3.05) is 33.0 Å². The molecule has 2 amide bonds. The summed E-state index contributed by atoms with van der Waals surface area (Å²) in [4.78, 5) is 32.7. The van der Waals surface area contributed by atoms with Crippen molar-refractivity contribution in [1.82, 2.24) is 9.96 Å². The van der Waals surface area contributed by atoms with Gasteiger partial charge < -0.3 is 9.79 Å². The molecule has 0 fully saturated rings. The molecule has 94 valence electrons. The monoisotopic (exact) mass is 252 g/mol. The minimum absolute atomic E-state index is 0.0143. The van der Waals surface area contributed by atoms with Gasteiger partial charge in [-0.2, -0.15) is 0 Å². The lowest BCUT2D eigenvalue weighted by molar-refractivity contribution is -0.161. The lowest BCUT2D eigenvalue weighted by atomic mass is 10.5. The zero-order valence-electron chi connectivity index (χ0n) is 9.58. The number of rotatable bonds is 5. The van der Waals surface area contributed by atoms with Crippen LogP contribution in [-0.2, 0) is 14.2 Å². The Morgan fingerprint density at radius 2 is 1.75 bits per heavy atom. The highest BCUT2D eigenvalue weighted by molar-refractivity contribution is 7.58. The highest BCUT2D eigenvalue weighted by atomic mass is 31.2. The average molecular weight is 252 g/mol. The van der Waals surface area contributed by atoms with Crippen molar-refractivity contribution in [3.05, 3.63) is 0 Å². The van der Waals surface area contributed by atoms with Crippen molar-refractivity contribution in [1.29, 1.82) is 0 Å². The fourth-order valence-corrected chi connectivity index (χ4v) is 1.73. The molecule has 1 unspecified atom stereocenters. The SMILES string of the molecule is CCP(=O)(O)CC(=O)N(C)CC(=O)N(C)O. The van der Waals surface area contributed by atoms with E-state index < -0.39 is 25.3 Å². The van der Waals surface area contributed by atoms with Crippen LogP contribution in [0.3, 0.4) is 0 Å². The van der Waals surface area contributed by atoms with E-state index in [4.69, 9.17) is 5.21 Å². The summed E-state index contributed by atoms with van der Waals surface area (Å²) in [6, 6.07) is 0. The molecule has 0 rings (SSSR count). The molecule has 0 spiro atoms. The molecule has 1 atom stereocenters. The molecule has 2 N–H and O–H groups in total. The third-order valence-electron chi connectivity index (χ3n) is 2.04. The first kappa shape index (κ1) is 15.1. The molecular formula is C8H17N2O5P. The van der Waals surface area contributed by atoms with Gasteiger partial charge in [-0.15, -0.1) is 0 Å². The van der Waals surface area contributed by atoms with E-state index >= 15 is 0 Å². The van der Waals surface area contributed by atoms with Gasteiger partial charge in [0, 0.05) is 20.3 Å². The Labute approximate surface area is 94.1 Å². The molecule has 0 aliphatic carbocycles. The minimum atomic E-state index is -3.43. The van der Waals surface area contributed by atoms with Crippen LogP contribution in [0.5, 0.6) is 0 Å². The van der Waals surface area contributed by atoms with Crippen molar-refractivity contribution in [3.8, 4) is 0 Å². The molecule has 0 aromatic rings. The summed E-state index contributed by atoms with van der Waals surface area (Å²) < 4.78 is 11.3. The molecule has 0 bridgehead atoms. The first-order valence-corrected chi connectivity index (χ1v) is 6.73. The van der Waals surface area contributed by atoms with Crippen molar-refractivity contribution in [2.24, 2.45) is 0 Å². The molecule has 8 heteroatoms. The molecular weight excluding hydrogens is 235 g/mol. The number of hydrogen-bond donors (Lipinski definition) is 2. The van der Waals surface area contributed by atoms with Crippen LogP contribution in [0, 0.1) is 0 Å². The zero-order valence-corrected chi connectivity index (χ0v) is 10.5. The fourth-order valence-electron chi connectivity index (χ4n) is 0.837. The van der Waals surface area contributed by atoms with Gasteiger partial charge in [0.25, 0.3) is 5.91 Å². The smallest absolute Gasteiger partial charge is 0.265 e. The van der Waals surface area contributed by atoms with Gasteiger partial charge in [-0.25, -0.2) is 5.06 Å². The Morgan fingerprint density at radius 1 is 1.25 bits per heavy atom. The van der Waals surface area contributed by atoms with E-state index in [0.29, 0.717) is 5.06 Å². The average Bonchev–Trinajstić information content (AvgIpc) is 2.16. The van der Waals surface area contributed by atoms with Crippen LogP contribution in [0.4, 0.5) is 0 Å². The summed E-state index contributed by atoms with van der Waals surface area (Å²) in [5.41, 5.74) is 0. The van der Waals surface area contributed by atoms with E-state index in [-0.39, 0.29) is 12.7 Å². The second-order valence-corrected chi connectivity index (χ2v) is 6.13. The second-order valence-electron chi connectivity index (χ2n) is 3.49. The standard InChI is InChI=1S/C8H17N2O5P/c1-4-16(14,15)6-8(12)9(2)5-7(11)10(3)13/h13H,4-6H2,1-3H3,(H,14,15). The zero-order chi connectivity index (χ0) is 12.9. The number of nitrogens with zero attached hydrogens (tertiary/aromatic N) is 2. The first-order valence-electron chi connectivity index (χ1n) is 4.70. The topological polar surface area (TPSA) is 98.2 Å². The van der Waals surface area contributed by atoms with Gasteiger partial charge in [0.15, 0.2) is 0 Å². The predicted octanol–water partition coefficient (Wildman–Crippen LogP) is -0.417. The highest BCUT2D eigenvalue weighted by Gasteiger charge is 2.24. The maximum atomic E-state index is 11.4. The maximum Gasteiger partial charge on any atom is 0.265 e. The Bertz CT molecular complexity index is 318. The number of hydroxylamine groups is 2. The predicted molar refractivity (Wildman–Crippen MR) is 57.4 cm³/mol. The fraction of sp³-hybridized carbons (Fsp3) is 0.750. The van der Waals surface area contributed by atoms with Crippen LogP contribution >= 0.6 is 7.37 Å². The molecule has 0 aliphatic rings. The molecule has 0 saturated carbocycles.